The van der Waals surface area contributed by atoms with Crippen LogP contribution in [0.3, 0.4) is 0 Å². The lowest BCUT2D eigenvalue weighted by Crippen LogP contribution is -2.31. The summed E-state index contributed by atoms with van der Waals surface area (Å²) in [5.74, 6) is 1.18. The molecule has 0 saturated carbocycles. The SMILES string of the molecule is Cn1c(C(C)(C)CN)nc2cc(O)ccc21. The van der Waals surface area contributed by atoms with Gasteiger partial charge in [-0.05, 0) is 12.1 Å². The second-order valence-corrected chi connectivity index (χ2v) is 4.76. The molecule has 4 nitrogen and oxygen atoms in total. The Hall–Kier alpha value is -1.55. The highest BCUT2D eigenvalue weighted by molar-refractivity contribution is 5.77. The molecule has 0 aliphatic heterocycles. The molecule has 2 rings (SSSR count). The van der Waals surface area contributed by atoms with Crippen LogP contribution in [0.2, 0.25) is 0 Å². The maximum absolute atomic E-state index is 9.42. The predicted octanol–water partition coefficient (Wildman–Crippen LogP) is 1.52. The van der Waals surface area contributed by atoms with Crippen LogP contribution in [-0.2, 0) is 12.5 Å². The number of nitrogens with zero attached hydrogens (tertiary/aromatic N) is 2. The van der Waals surface area contributed by atoms with Gasteiger partial charge in [0.15, 0.2) is 0 Å². The molecule has 1 aromatic heterocycles. The van der Waals surface area contributed by atoms with Crippen LogP contribution in [0.4, 0.5) is 0 Å². The molecular weight excluding hydrogens is 202 g/mol. The Morgan fingerprint density at radius 1 is 1.44 bits per heavy atom. The Morgan fingerprint density at radius 3 is 2.75 bits per heavy atom. The van der Waals surface area contributed by atoms with E-state index in [0.29, 0.717) is 6.54 Å². The van der Waals surface area contributed by atoms with Gasteiger partial charge in [-0.1, -0.05) is 13.8 Å². The number of rotatable bonds is 2. The van der Waals surface area contributed by atoms with E-state index < -0.39 is 0 Å². The fourth-order valence-electron chi connectivity index (χ4n) is 1.88. The molecule has 1 heterocycles. The van der Waals surface area contributed by atoms with Crippen LogP contribution in [0.25, 0.3) is 11.0 Å². The lowest BCUT2D eigenvalue weighted by atomic mass is 9.93. The molecule has 0 aliphatic carbocycles. The van der Waals surface area contributed by atoms with E-state index in [1.165, 1.54) is 0 Å². The number of imidazole rings is 1. The van der Waals surface area contributed by atoms with E-state index >= 15 is 0 Å². The molecule has 4 heteroatoms. The molecule has 0 bridgehead atoms. The smallest absolute Gasteiger partial charge is 0.117 e. The first-order chi connectivity index (χ1) is 7.45. The summed E-state index contributed by atoms with van der Waals surface area (Å²) in [6.07, 6.45) is 0. The summed E-state index contributed by atoms with van der Waals surface area (Å²) in [4.78, 5) is 4.54. The number of hydrogen-bond donors (Lipinski definition) is 2. The Morgan fingerprint density at radius 2 is 2.12 bits per heavy atom. The zero-order chi connectivity index (χ0) is 11.9. The molecule has 86 valence electrons. The Labute approximate surface area is 94.7 Å². The molecular formula is C12H17N3O. The third-order valence-corrected chi connectivity index (χ3v) is 2.98. The molecule has 1 aromatic carbocycles. The monoisotopic (exact) mass is 219 g/mol. The third kappa shape index (κ3) is 1.55. The lowest BCUT2D eigenvalue weighted by molar-refractivity contribution is 0.476. The van der Waals surface area contributed by atoms with E-state index in [-0.39, 0.29) is 11.2 Å². The van der Waals surface area contributed by atoms with Gasteiger partial charge < -0.3 is 15.4 Å². The average molecular weight is 219 g/mol. The summed E-state index contributed by atoms with van der Waals surface area (Å²) < 4.78 is 2.03. The summed E-state index contributed by atoms with van der Waals surface area (Å²) in [6.45, 7) is 4.66. The highest BCUT2D eigenvalue weighted by atomic mass is 16.3. The Balaban J connectivity index is 2.69. The first-order valence-corrected chi connectivity index (χ1v) is 5.32. The number of aromatic nitrogens is 2. The van der Waals surface area contributed by atoms with Gasteiger partial charge in [0.1, 0.15) is 11.6 Å². The van der Waals surface area contributed by atoms with Crippen LogP contribution in [0.1, 0.15) is 19.7 Å². The van der Waals surface area contributed by atoms with E-state index in [4.69, 9.17) is 5.73 Å². The third-order valence-electron chi connectivity index (χ3n) is 2.98. The summed E-state index contributed by atoms with van der Waals surface area (Å²) in [7, 11) is 1.97. The molecule has 16 heavy (non-hydrogen) atoms. The van der Waals surface area contributed by atoms with E-state index in [9.17, 15) is 5.11 Å². The summed E-state index contributed by atoms with van der Waals surface area (Å²) in [6, 6.07) is 5.21. The fraction of sp³-hybridized carbons (Fsp3) is 0.417. The zero-order valence-corrected chi connectivity index (χ0v) is 9.86. The van der Waals surface area contributed by atoms with Crippen molar-refractivity contribution in [2.24, 2.45) is 12.8 Å². The average Bonchev–Trinajstić information content (AvgIpc) is 2.56. The van der Waals surface area contributed by atoms with Crippen LogP contribution >= 0.6 is 0 Å². The van der Waals surface area contributed by atoms with Crippen molar-refractivity contribution in [1.82, 2.24) is 9.55 Å². The van der Waals surface area contributed by atoms with Gasteiger partial charge in [-0.15, -0.1) is 0 Å². The van der Waals surface area contributed by atoms with E-state index in [1.807, 2.05) is 17.7 Å². The van der Waals surface area contributed by atoms with Gasteiger partial charge in [-0.2, -0.15) is 0 Å². The van der Waals surface area contributed by atoms with Gasteiger partial charge in [-0.3, -0.25) is 0 Å². The van der Waals surface area contributed by atoms with Crippen molar-refractivity contribution >= 4 is 11.0 Å². The minimum absolute atomic E-state index is 0.163. The molecule has 0 aliphatic rings. The number of nitrogens with two attached hydrogens (primary N) is 1. The van der Waals surface area contributed by atoms with Crippen molar-refractivity contribution in [2.45, 2.75) is 19.3 Å². The van der Waals surface area contributed by atoms with Gasteiger partial charge >= 0.3 is 0 Å². The number of phenolic OH excluding ortho intramolecular Hbond substituents is 1. The van der Waals surface area contributed by atoms with E-state index in [1.54, 1.807) is 12.1 Å². The standard InChI is InChI=1S/C12H17N3O/c1-12(2,7-13)11-14-9-6-8(16)4-5-10(9)15(11)3/h4-6,16H,7,13H2,1-3H3. The summed E-state index contributed by atoms with van der Waals surface area (Å²) in [5.41, 5.74) is 7.41. The normalized spacial score (nSPS) is 12.2. The first kappa shape index (κ1) is 11.0. The van der Waals surface area contributed by atoms with Gasteiger partial charge in [0.25, 0.3) is 0 Å². The maximum atomic E-state index is 9.42. The number of phenols is 1. The molecule has 0 radical (unpaired) electrons. The molecule has 3 N–H and O–H groups in total. The number of benzene rings is 1. The molecule has 0 saturated heterocycles. The second-order valence-electron chi connectivity index (χ2n) is 4.76. The van der Waals surface area contributed by atoms with Crippen LogP contribution < -0.4 is 5.73 Å². The van der Waals surface area contributed by atoms with Crippen molar-refractivity contribution < 1.29 is 5.11 Å². The summed E-state index contributed by atoms with van der Waals surface area (Å²) >= 11 is 0. The maximum Gasteiger partial charge on any atom is 0.117 e. The topological polar surface area (TPSA) is 64.1 Å². The highest BCUT2D eigenvalue weighted by Gasteiger charge is 2.24. The molecule has 0 atom stereocenters. The number of aromatic hydroxyl groups is 1. The molecule has 0 amide bonds. The molecule has 0 spiro atoms. The van der Waals surface area contributed by atoms with E-state index in [0.717, 1.165) is 16.9 Å². The van der Waals surface area contributed by atoms with Crippen LogP contribution in [-0.4, -0.2) is 21.2 Å². The van der Waals surface area contributed by atoms with Crippen LogP contribution in [0.5, 0.6) is 5.75 Å². The van der Waals surface area contributed by atoms with Gasteiger partial charge in [0.05, 0.1) is 11.0 Å². The first-order valence-electron chi connectivity index (χ1n) is 5.32. The zero-order valence-electron chi connectivity index (χ0n) is 9.86. The van der Waals surface area contributed by atoms with Crippen LogP contribution in [0, 0.1) is 0 Å². The van der Waals surface area contributed by atoms with Crippen molar-refractivity contribution in [3.63, 3.8) is 0 Å². The lowest BCUT2D eigenvalue weighted by Gasteiger charge is -2.21. The number of hydrogen-bond acceptors (Lipinski definition) is 3. The van der Waals surface area contributed by atoms with Crippen molar-refractivity contribution in [1.29, 1.82) is 0 Å². The molecule has 0 fully saturated rings. The predicted molar refractivity (Wildman–Crippen MR) is 64.5 cm³/mol. The number of aryl methyl sites for hydroxylation is 1. The summed E-state index contributed by atoms with van der Waals surface area (Å²) in [5, 5.41) is 9.42. The molecule has 0 unspecified atom stereocenters. The number of fused-ring (bicyclic) bond motifs is 1. The van der Waals surface area contributed by atoms with Crippen molar-refractivity contribution in [2.75, 3.05) is 6.54 Å². The minimum atomic E-state index is -0.163. The Kier molecular flexibility index (Phi) is 2.39. The fourth-order valence-corrected chi connectivity index (χ4v) is 1.88. The Bertz CT molecular complexity index is 528. The van der Waals surface area contributed by atoms with E-state index in [2.05, 4.69) is 18.8 Å². The molecule has 2 aromatic rings. The van der Waals surface area contributed by atoms with Gasteiger partial charge in [0, 0.05) is 25.1 Å². The largest absolute Gasteiger partial charge is 0.508 e. The van der Waals surface area contributed by atoms with Crippen LogP contribution in [0.15, 0.2) is 18.2 Å². The minimum Gasteiger partial charge on any atom is -0.508 e. The quantitative estimate of drug-likeness (QED) is 0.804. The van der Waals surface area contributed by atoms with Gasteiger partial charge in [-0.25, -0.2) is 4.98 Å². The second kappa shape index (κ2) is 3.49. The van der Waals surface area contributed by atoms with Gasteiger partial charge in [0.2, 0.25) is 0 Å². The van der Waals surface area contributed by atoms with Crippen molar-refractivity contribution in [3.8, 4) is 5.75 Å². The highest BCUT2D eigenvalue weighted by Crippen LogP contribution is 2.26. The van der Waals surface area contributed by atoms with Crippen molar-refractivity contribution in [3.05, 3.63) is 24.0 Å².